The Morgan fingerprint density at radius 1 is 1.29 bits per heavy atom. The summed E-state index contributed by atoms with van der Waals surface area (Å²) < 4.78 is 50.0. The highest BCUT2D eigenvalue weighted by molar-refractivity contribution is 5.27. The summed E-state index contributed by atoms with van der Waals surface area (Å²) in [4.78, 5) is 0. The summed E-state index contributed by atoms with van der Waals surface area (Å²) in [6.07, 6.45) is -3.59. The number of rotatable bonds is 4. The fraction of sp³-hybridized carbons (Fsp3) is 0.500. The van der Waals surface area contributed by atoms with E-state index in [0.29, 0.717) is 12.5 Å². The molecule has 0 bridgehead atoms. The molecule has 1 unspecified atom stereocenters. The van der Waals surface area contributed by atoms with Gasteiger partial charge in [0.1, 0.15) is 5.82 Å². The lowest BCUT2D eigenvalue weighted by atomic mass is 10.0. The fourth-order valence-electron chi connectivity index (χ4n) is 1.53. The Balaban J connectivity index is 2.89. The van der Waals surface area contributed by atoms with Gasteiger partial charge in [0.25, 0.3) is 0 Å². The van der Waals surface area contributed by atoms with Crippen LogP contribution in [0.2, 0.25) is 0 Å². The second kappa shape index (κ2) is 5.49. The van der Waals surface area contributed by atoms with Gasteiger partial charge in [0.15, 0.2) is 0 Å². The van der Waals surface area contributed by atoms with Crippen molar-refractivity contribution < 1.29 is 22.7 Å². The van der Waals surface area contributed by atoms with E-state index < -0.39 is 23.7 Å². The average Bonchev–Trinajstić information content (AvgIpc) is 2.23. The number of benzene rings is 1. The lowest BCUT2D eigenvalue weighted by Gasteiger charge is -2.13. The Morgan fingerprint density at radius 3 is 2.41 bits per heavy atom. The first-order valence-electron chi connectivity index (χ1n) is 5.41. The third-order valence-corrected chi connectivity index (χ3v) is 2.51. The molecule has 0 aliphatic heterocycles. The smallest absolute Gasteiger partial charge is 0.388 e. The van der Waals surface area contributed by atoms with Gasteiger partial charge in [0.05, 0.1) is 11.7 Å². The Bertz CT molecular complexity index is 373. The molecule has 1 atom stereocenters. The van der Waals surface area contributed by atoms with E-state index in [2.05, 4.69) is 0 Å². The van der Waals surface area contributed by atoms with Crippen LogP contribution in [0.15, 0.2) is 18.2 Å². The zero-order valence-corrected chi connectivity index (χ0v) is 9.39. The number of aliphatic hydroxyl groups excluding tert-OH is 1. The minimum Gasteiger partial charge on any atom is -0.388 e. The number of aliphatic hydroxyl groups is 1. The summed E-state index contributed by atoms with van der Waals surface area (Å²) in [5.74, 6) is -1.34. The quantitative estimate of drug-likeness (QED) is 0.799. The third-order valence-electron chi connectivity index (χ3n) is 2.51. The molecule has 1 rings (SSSR count). The van der Waals surface area contributed by atoms with Gasteiger partial charge in [-0.15, -0.1) is 0 Å². The molecule has 1 aromatic rings. The number of hydrogen-bond donors (Lipinski definition) is 1. The number of alkyl halides is 3. The van der Waals surface area contributed by atoms with E-state index in [1.54, 1.807) is 0 Å². The van der Waals surface area contributed by atoms with Crippen molar-refractivity contribution in [1.29, 1.82) is 0 Å². The summed E-state index contributed by atoms with van der Waals surface area (Å²) in [5, 5.41) is 9.62. The van der Waals surface area contributed by atoms with Gasteiger partial charge in [0.2, 0.25) is 0 Å². The molecule has 0 heterocycles. The van der Waals surface area contributed by atoms with E-state index in [0.717, 1.165) is 25.0 Å². The number of halogens is 4. The largest absolute Gasteiger partial charge is 0.419 e. The van der Waals surface area contributed by atoms with Crippen molar-refractivity contribution in [2.45, 2.75) is 38.5 Å². The van der Waals surface area contributed by atoms with Gasteiger partial charge in [-0.05, 0) is 24.1 Å². The Morgan fingerprint density at radius 2 is 1.94 bits per heavy atom. The second-order valence-electron chi connectivity index (χ2n) is 3.90. The first-order chi connectivity index (χ1) is 7.86. The van der Waals surface area contributed by atoms with Crippen LogP contribution < -0.4 is 0 Å². The summed E-state index contributed by atoms with van der Waals surface area (Å²) in [5.41, 5.74) is -1.12. The van der Waals surface area contributed by atoms with Gasteiger partial charge in [-0.2, -0.15) is 13.2 Å². The molecule has 5 heteroatoms. The highest BCUT2D eigenvalue weighted by Crippen LogP contribution is 2.32. The van der Waals surface area contributed by atoms with Gasteiger partial charge in [-0.25, -0.2) is 4.39 Å². The standard InChI is InChI=1S/C12H14F4O/c1-2-3-4-11(17)8-5-6-9(10(13)7-8)12(14,15)16/h5-7,11,17H,2-4H2,1H3. The number of hydrogen-bond acceptors (Lipinski definition) is 1. The van der Waals surface area contributed by atoms with Crippen molar-refractivity contribution in [2.24, 2.45) is 0 Å². The predicted octanol–water partition coefficient (Wildman–Crippen LogP) is 4.07. The van der Waals surface area contributed by atoms with Gasteiger partial charge in [-0.3, -0.25) is 0 Å². The van der Waals surface area contributed by atoms with E-state index in [1.807, 2.05) is 6.92 Å². The van der Waals surface area contributed by atoms with Gasteiger partial charge in [-0.1, -0.05) is 25.8 Å². The van der Waals surface area contributed by atoms with Crippen LogP contribution in [0.4, 0.5) is 17.6 Å². The molecule has 0 aromatic heterocycles. The van der Waals surface area contributed by atoms with Gasteiger partial charge < -0.3 is 5.11 Å². The van der Waals surface area contributed by atoms with Crippen LogP contribution >= 0.6 is 0 Å². The van der Waals surface area contributed by atoms with Crippen LogP contribution in [-0.4, -0.2) is 5.11 Å². The SMILES string of the molecule is CCCCC(O)c1ccc(C(F)(F)F)c(F)c1. The van der Waals surface area contributed by atoms with Gasteiger partial charge in [0, 0.05) is 0 Å². The molecular formula is C12H14F4O. The van der Waals surface area contributed by atoms with E-state index in [4.69, 9.17) is 0 Å². The predicted molar refractivity (Wildman–Crippen MR) is 55.9 cm³/mol. The third kappa shape index (κ3) is 3.70. The van der Waals surface area contributed by atoms with Crippen molar-refractivity contribution in [3.8, 4) is 0 Å². The van der Waals surface area contributed by atoms with Crippen molar-refractivity contribution in [1.82, 2.24) is 0 Å². The molecule has 96 valence electrons. The normalized spacial score (nSPS) is 13.8. The molecule has 0 radical (unpaired) electrons. The summed E-state index contributed by atoms with van der Waals surface area (Å²) in [6, 6.07) is 2.54. The molecule has 17 heavy (non-hydrogen) atoms. The van der Waals surface area contributed by atoms with Crippen LogP contribution in [0.25, 0.3) is 0 Å². The maximum Gasteiger partial charge on any atom is 0.419 e. The lowest BCUT2D eigenvalue weighted by Crippen LogP contribution is -2.09. The van der Waals surface area contributed by atoms with Crippen LogP contribution in [0.1, 0.15) is 43.4 Å². The summed E-state index contributed by atoms with van der Waals surface area (Å²) in [7, 11) is 0. The molecule has 0 fully saturated rings. The average molecular weight is 250 g/mol. The molecule has 0 aliphatic rings. The molecule has 1 N–H and O–H groups in total. The monoisotopic (exact) mass is 250 g/mol. The Hall–Kier alpha value is -1.10. The molecule has 1 nitrogen and oxygen atoms in total. The van der Waals surface area contributed by atoms with Crippen LogP contribution in [0, 0.1) is 5.82 Å². The topological polar surface area (TPSA) is 20.2 Å². The van der Waals surface area contributed by atoms with E-state index in [-0.39, 0.29) is 5.56 Å². The summed E-state index contributed by atoms with van der Waals surface area (Å²) >= 11 is 0. The second-order valence-corrected chi connectivity index (χ2v) is 3.90. The maximum absolute atomic E-state index is 13.2. The molecule has 0 amide bonds. The minimum atomic E-state index is -4.70. The van der Waals surface area contributed by atoms with Crippen LogP contribution in [0.5, 0.6) is 0 Å². The lowest BCUT2D eigenvalue weighted by molar-refractivity contribution is -0.140. The molecule has 0 aliphatic carbocycles. The Labute approximate surface area is 97.1 Å². The van der Waals surface area contributed by atoms with Crippen LogP contribution in [0.3, 0.4) is 0 Å². The molecular weight excluding hydrogens is 236 g/mol. The first kappa shape index (κ1) is 14.0. The van der Waals surface area contributed by atoms with Crippen LogP contribution in [-0.2, 0) is 6.18 Å². The Kier molecular flexibility index (Phi) is 4.51. The van der Waals surface area contributed by atoms with Crippen molar-refractivity contribution >= 4 is 0 Å². The van der Waals surface area contributed by atoms with E-state index in [1.165, 1.54) is 0 Å². The van der Waals surface area contributed by atoms with E-state index in [9.17, 15) is 22.7 Å². The minimum absolute atomic E-state index is 0.184. The van der Waals surface area contributed by atoms with Crippen molar-refractivity contribution in [3.63, 3.8) is 0 Å². The van der Waals surface area contributed by atoms with E-state index >= 15 is 0 Å². The highest BCUT2D eigenvalue weighted by atomic mass is 19.4. The first-order valence-corrected chi connectivity index (χ1v) is 5.41. The zero-order chi connectivity index (χ0) is 13.1. The van der Waals surface area contributed by atoms with Crippen molar-refractivity contribution in [3.05, 3.63) is 35.1 Å². The number of unbranched alkanes of at least 4 members (excludes halogenated alkanes) is 1. The zero-order valence-electron chi connectivity index (χ0n) is 9.39. The maximum atomic E-state index is 13.2. The molecule has 0 spiro atoms. The molecule has 0 saturated heterocycles. The molecule has 1 aromatic carbocycles. The summed E-state index contributed by atoms with van der Waals surface area (Å²) in [6.45, 7) is 1.93. The van der Waals surface area contributed by atoms with Gasteiger partial charge >= 0.3 is 6.18 Å². The van der Waals surface area contributed by atoms with Crippen molar-refractivity contribution in [2.75, 3.05) is 0 Å². The highest BCUT2D eigenvalue weighted by Gasteiger charge is 2.34. The fourth-order valence-corrected chi connectivity index (χ4v) is 1.53. The molecule has 0 saturated carbocycles.